The second-order valence-electron chi connectivity index (χ2n) is 5.73. The Morgan fingerprint density at radius 3 is 2.52 bits per heavy atom. The lowest BCUT2D eigenvalue weighted by Crippen LogP contribution is -2.43. The van der Waals surface area contributed by atoms with E-state index < -0.39 is 0 Å². The fraction of sp³-hybridized carbons (Fsp3) is 0.438. The molecule has 2 aliphatic heterocycles. The van der Waals surface area contributed by atoms with Crippen LogP contribution in [0.2, 0.25) is 0 Å². The highest BCUT2D eigenvalue weighted by Crippen LogP contribution is 2.25. The monoisotopic (exact) mass is 316 g/mol. The first-order valence-corrected chi connectivity index (χ1v) is 7.79. The average molecular weight is 316 g/mol. The van der Waals surface area contributed by atoms with E-state index in [1.807, 2.05) is 35.2 Å². The van der Waals surface area contributed by atoms with Gasteiger partial charge in [0.2, 0.25) is 11.8 Å². The lowest BCUT2D eigenvalue weighted by atomic mass is 10.0. The summed E-state index contributed by atoms with van der Waals surface area (Å²) < 4.78 is 0. The van der Waals surface area contributed by atoms with Gasteiger partial charge in [-0.25, -0.2) is 4.79 Å². The molecule has 2 aliphatic rings. The molecule has 0 aliphatic carbocycles. The molecule has 0 spiro atoms. The van der Waals surface area contributed by atoms with Gasteiger partial charge in [0.15, 0.2) is 0 Å². The van der Waals surface area contributed by atoms with Crippen LogP contribution >= 0.6 is 0 Å². The first kappa shape index (κ1) is 15.5. The maximum absolute atomic E-state index is 12.4. The van der Waals surface area contributed by atoms with Crippen LogP contribution in [0, 0.1) is 0 Å². The smallest absolute Gasteiger partial charge is 0.324 e. The second-order valence-corrected chi connectivity index (χ2v) is 5.73. The highest BCUT2D eigenvalue weighted by Gasteiger charge is 2.32. The largest absolute Gasteiger partial charge is 0.355 e. The van der Waals surface area contributed by atoms with Gasteiger partial charge in [0.05, 0.1) is 6.54 Å². The molecule has 0 aromatic heterocycles. The van der Waals surface area contributed by atoms with E-state index in [0.717, 1.165) is 5.56 Å². The van der Waals surface area contributed by atoms with Crippen LogP contribution in [0.15, 0.2) is 30.3 Å². The van der Waals surface area contributed by atoms with E-state index in [1.165, 1.54) is 4.90 Å². The van der Waals surface area contributed by atoms with E-state index in [0.29, 0.717) is 32.6 Å². The second kappa shape index (κ2) is 6.78. The quantitative estimate of drug-likeness (QED) is 0.829. The molecular formula is C16H20N4O3. The predicted molar refractivity (Wildman–Crippen MR) is 83.5 cm³/mol. The van der Waals surface area contributed by atoms with Crippen molar-refractivity contribution in [2.75, 3.05) is 32.7 Å². The van der Waals surface area contributed by atoms with Crippen LogP contribution in [0.3, 0.4) is 0 Å². The molecule has 7 heteroatoms. The predicted octanol–water partition coefficient (Wildman–Crippen LogP) is 0.101. The minimum Gasteiger partial charge on any atom is -0.355 e. The zero-order valence-corrected chi connectivity index (χ0v) is 12.8. The van der Waals surface area contributed by atoms with Crippen LogP contribution in [-0.4, -0.2) is 60.4 Å². The number of imide groups is 1. The minimum absolute atomic E-state index is 0.0206. The number of hydrogen-bond acceptors (Lipinski definition) is 4. The Hall–Kier alpha value is -2.41. The lowest BCUT2D eigenvalue weighted by molar-refractivity contribution is -0.130. The van der Waals surface area contributed by atoms with E-state index in [1.54, 1.807) is 0 Å². The number of amides is 4. The standard InChI is InChI=1S/C16H20N4O3/c21-14-10-13(12-4-2-1-3-5-12)19(8-6-17-14)11-15(22)20-9-7-18-16(20)23/h1-5,13H,6-11H2,(H,17,21)(H,18,23)/t13-/m1/s1. The number of nitrogens with one attached hydrogen (secondary N) is 2. The SMILES string of the molecule is O=C1C[C@H](c2ccccc2)N(CC(=O)N2CCNC2=O)CCN1. The Kier molecular flexibility index (Phi) is 4.57. The average Bonchev–Trinajstić information content (AvgIpc) is 2.90. The van der Waals surface area contributed by atoms with Crippen molar-refractivity contribution < 1.29 is 14.4 Å². The molecule has 7 nitrogen and oxygen atoms in total. The van der Waals surface area contributed by atoms with Crippen molar-refractivity contribution in [2.24, 2.45) is 0 Å². The molecule has 1 atom stereocenters. The molecule has 2 heterocycles. The first-order valence-electron chi connectivity index (χ1n) is 7.79. The van der Waals surface area contributed by atoms with E-state index in [2.05, 4.69) is 10.6 Å². The van der Waals surface area contributed by atoms with Crippen LogP contribution in [0.1, 0.15) is 18.0 Å². The number of nitrogens with zero attached hydrogens (tertiary/aromatic N) is 2. The summed E-state index contributed by atoms with van der Waals surface area (Å²) in [5.41, 5.74) is 1.00. The number of rotatable bonds is 3. The Morgan fingerprint density at radius 2 is 1.83 bits per heavy atom. The topological polar surface area (TPSA) is 81.8 Å². The number of carbonyl (C=O) groups excluding carboxylic acids is 3. The van der Waals surface area contributed by atoms with Crippen molar-refractivity contribution in [1.29, 1.82) is 0 Å². The van der Waals surface area contributed by atoms with Crippen molar-refractivity contribution in [1.82, 2.24) is 20.4 Å². The van der Waals surface area contributed by atoms with Gasteiger partial charge in [-0.2, -0.15) is 0 Å². The summed E-state index contributed by atoms with van der Waals surface area (Å²) in [5, 5.41) is 5.47. The molecule has 2 N–H and O–H groups in total. The molecule has 0 radical (unpaired) electrons. The molecule has 0 bridgehead atoms. The number of benzene rings is 1. The van der Waals surface area contributed by atoms with Gasteiger partial charge in [-0.3, -0.25) is 19.4 Å². The summed E-state index contributed by atoms with van der Waals surface area (Å²) in [7, 11) is 0. The van der Waals surface area contributed by atoms with E-state index in [-0.39, 0.29) is 30.4 Å². The molecule has 23 heavy (non-hydrogen) atoms. The van der Waals surface area contributed by atoms with E-state index in [9.17, 15) is 14.4 Å². The number of carbonyl (C=O) groups is 3. The van der Waals surface area contributed by atoms with Gasteiger partial charge >= 0.3 is 6.03 Å². The highest BCUT2D eigenvalue weighted by molar-refractivity contribution is 5.96. The fourth-order valence-electron chi connectivity index (χ4n) is 3.03. The van der Waals surface area contributed by atoms with Gasteiger partial charge in [0, 0.05) is 38.6 Å². The molecule has 2 saturated heterocycles. The van der Waals surface area contributed by atoms with Gasteiger partial charge in [-0.15, -0.1) is 0 Å². The van der Waals surface area contributed by atoms with Gasteiger partial charge < -0.3 is 10.6 Å². The summed E-state index contributed by atoms with van der Waals surface area (Å²) >= 11 is 0. The van der Waals surface area contributed by atoms with E-state index in [4.69, 9.17) is 0 Å². The summed E-state index contributed by atoms with van der Waals surface area (Å²) in [5.74, 6) is -0.247. The lowest BCUT2D eigenvalue weighted by Gasteiger charge is -2.29. The Labute approximate surface area is 134 Å². The first-order chi connectivity index (χ1) is 11.1. The summed E-state index contributed by atoms with van der Waals surface area (Å²) in [4.78, 5) is 39.2. The van der Waals surface area contributed by atoms with Gasteiger partial charge in [-0.1, -0.05) is 30.3 Å². The molecule has 122 valence electrons. The van der Waals surface area contributed by atoms with Crippen molar-refractivity contribution in [3.63, 3.8) is 0 Å². The summed E-state index contributed by atoms with van der Waals surface area (Å²) in [6.07, 6.45) is 0.309. The van der Waals surface area contributed by atoms with Gasteiger partial charge in [0.1, 0.15) is 0 Å². The van der Waals surface area contributed by atoms with E-state index >= 15 is 0 Å². The molecule has 0 saturated carbocycles. The molecule has 1 aromatic rings. The number of hydrogen-bond donors (Lipinski definition) is 2. The highest BCUT2D eigenvalue weighted by atomic mass is 16.2. The van der Waals surface area contributed by atoms with Crippen molar-refractivity contribution in [2.45, 2.75) is 12.5 Å². The molecule has 1 aromatic carbocycles. The van der Waals surface area contributed by atoms with Crippen LogP contribution in [0.4, 0.5) is 4.79 Å². The number of urea groups is 1. The summed E-state index contributed by atoms with van der Waals surface area (Å²) in [6, 6.07) is 9.19. The maximum Gasteiger partial charge on any atom is 0.324 e. The third-order valence-electron chi connectivity index (χ3n) is 4.22. The maximum atomic E-state index is 12.4. The molecule has 4 amide bonds. The summed E-state index contributed by atoms with van der Waals surface area (Å²) in [6.45, 7) is 2.10. The van der Waals surface area contributed by atoms with Crippen LogP contribution in [-0.2, 0) is 9.59 Å². The van der Waals surface area contributed by atoms with Crippen molar-refractivity contribution >= 4 is 17.8 Å². The molecule has 3 rings (SSSR count). The zero-order chi connectivity index (χ0) is 16.2. The molecular weight excluding hydrogens is 296 g/mol. The van der Waals surface area contributed by atoms with Gasteiger partial charge in [-0.05, 0) is 5.56 Å². The molecule has 2 fully saturated rings. The minimum atomic E-state index is -0.338. The molecule has 0 unspecified atom stereocenters. The Bertz CT molecular complexity index is 605. The third-order valence-corrected chi connectivity index (χ3v) is 4.22. The Morgan fingerprint density at radius 1 is 1.09 bits per heavy atom. The van der Waals surface area contributed by atoms with Crippen LogP contribution in [0.5, 0.6) is 0 Å². The van der Waals surface area contributed by atoms with Crippen LogP contribution in [0.25, 0.3) is 0 Å². The van der Waals surface area contributed by atoms with Crippen molar-refractivity contribution in [3.8, 4) is 0 Å². The van der Waals surface area contributed by atoms with Gasteiger partial charge in [0.25, 0.3) is 0 Å². The Balaban J connectivity index is 1.77. The zero-order valence-electron chi connectivity index (χ0n) is 12.8. The third kappa shape index (κ3) is 3.50. The fourth-order valence-corrected chi connectivity index (χ4v) is 3.03. The normalized spacial score (nSPS) is 22.4. The van der Waals surface area contributed by atoms with Crippen molar-refractivity contribution in [3.05, 3.63) is 35.9 Å². The van der Waals surface area contributed by atoms with Crippen LogP contribution < -0.4 is 10.6 Å².